The summed E-state index contributed by atoms with van der Waals surface area (Å²) in [7, 11) is 0. The molecule has 0 N–H and O–H groups in total. The van der Waals surface area contributed by atoms with E-state index in [1.165, 1.54) is 6.07 Å². The molecule has 0 fully saturated rings. The minimum atomic E-state index is -0.414. The van der Waals surface area contributed by atoms with Gasteiger partial charge in [-0.15, -0.1) is 0 Å². The fraction of sp³-hybridized carbons (Fsp3) is 0.500. The Morgan fingerprint density at radius 2 is 2.00 bits per heavy atom. The van der Waals surface area contributed by atoms with Crippen LogP contribution in [0.25, 0.3) is 0 Å². The van der Waals surface area contributed by atoms with Crippen molar-refractivity contribution < 1.29 is 14.5 Å². The van der Waals surface area contributed by atoms with Crippen molar-refractivity contribution in [3.8, 4) is 5.75 Å². The van der Waals surface area contributed by atoms with Gasteiger partial charge in [-0.25, -0.2) is 0 Å². The molecule has 5 heteroatoms. The first kappa shape index (κ1) is 15.1. The SMILES string of the molecule is CCC(=O)CCCOc1cc([N+](=O)[O-])c(C)cc1C. The second-order valence-electron chi connectivity index (χ2n) is 4.51. The number of hydrogen-bond donors (Lipinski definition) is 0. The number of ether oxygens (including phenoxy) is 1. The van der Waals surface area contributed by atoms with Gasteiger partial charge in [-0.1, -0.05) is 6.92 Å². The highest BCUT2D eigenvalue weighted by molar-refractivity contribution is 5.77. The van der Waals surface area contributed by atoms with Crippen LogP contribution in [0, 0.1) is 24.0 Å². The molecule has 0 radical (unpaired) electrons. The van der Waals surface area contributed by atoms with E-state index in [9.17, 15) is 14.9 Å². The number of Topliss-reactive ketones (excluding diaryl/α,β-unsaturated/α-hetero) is 1. The molecule has 1 aromatic carbocycles. The zero-order chi connectivity index (χ0) is 14.4. The van der Waals surface area contributed by atoms with Gasteiger partial charge >= 0.3 is 0 Å². The van der Waals surface area contributed by atoms with Gasteiger partial charge in [-0.05, 0) is 31.9 Å². The number of benzene rings is 1. The Hall–Kier alpha value is -1.91. The molecular formula is C14H19NO4. The minimum absolute atomic E-state index is 0.0604. The van der Waals surface area contributed by atoms with Crippen molar-refractivity contribution in [2.45, 2.75) is 40.0 Å². The molecule has 0 unspecified atom stereocenters. The van der Waals surface area contributed by atoms with Crippen molar-refractivity contribution >= 4 is 11.5 Å². The van der Waals surface area contributed by atoms with Gasteiger partial charge in [0.25, 0.3) is 5.69 Å². The third-order valence-electron chi connectivity index (χ3n) is 2.94. The van der Waals surface area contributed by atoms with Crippen LogP contribution in [0.5, 0.6) is 5.75 Å². The first-order valence-corrected chi connectivity index (χ1v) is 6.35. The number of nitro benzene ring substituents is 1. The van der Waals surface area contributed by atoms with Crippen LogP contribution < -0.4 is 4.74 Å². The lowest BCUT2D eigenvalue weighted by molar-refractivity contribution is -0.385. The molecule has 0 bridgehead atoms. The fourth-order valence-corrected chi connectivity index (χ4v) is 1.80. The molecule has 0 atom stereocenters. The van der Waals surface area contributed by atoms with Crippen LogP contribution in [-0.4, -0.2) is 17.3 Å². The molecule has 19 heavy (non-hydrogen) atoms. The van der Waals surface area contributed by atoms with Crippen molar-refractivity contribution in [1.82, 2.24) is 0 Å². The summed E-state index contributed by atoms with van der Waals surface area (Å²) in [6.45, 7) is 5.78. The summed E-state index contributed by atoms with van der Waals surface area (Å²) in [6.07, 6.45) is 1.66. The smallest absolute Gasteiger partial charge is 0.276 e. The monoisotopic (exact) mass is 265 g/mol. The topological polar surface area (TPSA) is 69.4 Å². The Balaban J connectivity index is 2.65. The second kappa shape index (κ2) is 6.87. The second-order valence-corrected chi connectivity index (χ2v) is 4.51. The first-order chi connectivity index (χ1) is 8.95. The lowest BCUT2D eigenvalue weighted by Crippen LogP contribution is -2.04. The van der Waals surface area contributed by atoms with Crippen molar-refractivity contribution in [1.29, 1.82) is 0 Å². The van der Waals surface area contributed by atoms with Crippen LogP contribution in [0.2, 0.25) is 0 Å². The van der Waals surface area contributed by atoms with Gasteiger partial charge in [-0.2, -0.15) is 0 Å². The van der Waals surface area contributed by atoms with E-state index in [1.807, 2.05) is 13.8 Å². The summed E-state index contributed by atoms with van der Waals surface area (Å²) in [6, 6.07) is 3.19. The van der Waals surface area contributed by atoms with Gasteiger partial charge in [0.1, 0.15) is 11.5 Å². The van der Waals surface area contributed by atoms with Crippen LogP contribution in [0.15, 0.2) is 12.1 Å². The number of nitro groups is 1. The number of carbonyl (C=O) groups is 1. The van der Waals surface area contributed by atoms with E-state index in [2.05, 4.69) is 0 Å². The van der Waals surface area contributed by atoms with E-state index >= 15 is 0 Å². The van der Waals surface area contributed by atoms with Gasteiger partial charge < -0.3 is 4.74 Å². The highest BCUT2D eigenvalue weighted by atomic mass is 16.6. The third kappa shape index (κ3) is 4.35. The molecule has 1 aromatic rings. The summed E-state index contributed by atoms with van der Waals surface area (Å²) >= 11 is 0. The highest BCUT2D eigenvalue weighted by Crippen LogP contribution is 2.28. The summed E-state index contributed by atoms with van der Waals surface area (Å²) in [4.78, 5) is 21.6. The normalized spacial score (nSPS) is 10.3. The summed E-state index contributed by atoms with van der Waals surface area (Å²) in [5, 5.41) is 10.8. The van der Waals surface area contributed by atoms with E-state index in [4.69, 9.17) is 4.74 Å². The number of ketones is 1. The lowest BCUT2D eigenvalue weighted by Gasteiger charge is -2.09. The van der Waals surface area contributed by atoms with Crippen LogP contribution in [0.4, 0.5) is 5.69 Å². The molecule has 5 nitrogen and oxygen atoms in total. The van der Waals surface area contributed by atoms with Crippen molar-refractivity contribution in [3.05, 3.63) is 33.4 Å². The van der Waals surface area contributed by atoms with Gasteiger partial charge in [0.2, 0.25) is 0 Å². The van der Waals surface area contributed by atoms with E-state index in [0.29, 0.717) is 37.2 Å². The standard InChI is InChI=1S/C14H19NO4/c1-4-12(16)6-5-7-19-14-9-13(15(17)18)10(2)8-11(14)3/h8-9H,4-7H2,1-3H3. The van der Waals surface area contributed by atoms with E-state index in [0.717, 1.165) is 5.56 Å². The molecule has 0 aromatic heterocycles. The average molecular weight is 265 g/mol. The third-order valence-corrected chi connectivity index (χ3v) is 2.94. The molecular weight excluding hydrogens is 246 g/mol. The Labute approximate surface area is 112 Å². The number of hydrogen-bond acceptors (Lipinski definition) is 4. The fourth-order valence-electron chi connectivity index (χ4n) is 1.80. The van der Waals surface area contributed by atoms with Crippen molar-refractivity contribution in [2.24, 2.45) is 0 Å². The molecule has 0 heterocycles. The largest absolute Gasteiger partial charge is 0.493 e. The predicted octanol–water partition coefficient (Wildman–Crippen LogP) is 3.35. The molecule has 0 amide bonds. The Morgan fingerprint density at radius 1 is 1.32 bits per heavy atom. The molecule has 0 aliphatic heterocycles. The molecule has 0 saturated carbocycles. The molecule has 1 rings (SSSR count). The van der Waals surface area contributed by atoms with Gasteiger partial charge in [0.15, 0.2) is 0 Å². The maximum absolute atomic E-state index is 11.1. The maximum Gasteiger partial charge on any atom is 0.276 e. The maximum atomic E-state index is 11.1. The number of carbonyl (C=O) groups excluding carboxylic acids is 1. The van der Waals surface area contributed by atoms with Crippen LogP contribution in [-0.2, 0) is 4.79 Å². The first-order valence-electron chi connectivity index (χ1n) is 6.35. The van der Waals surface area contributed by atoms with Crippen molar-refractivity contribution in [2.75, 3.05) is 6.61 Å². The van der Waals surface area contributed by atoms with Crippen molar-refractivity contribution in [3.63, 3.8) is 0 Å². The van der Waals surface area contributed by atoms with Crippen LogP contribution >= 0.6 is 0 Å². The molecule has 0 spiro atoms. The molecule has 104 valence electrons. The zero-order valence-electron chi connectivity index (χ0n) is 11.6. The quantitative estimate of drug-likeness (QED) is 0.430. The predicted molar refractivity (Wildman–Crippen MR) is 72.6 cm³/mol. The Kier molecular flexibility index (Phi) is 5.48. The number of aryl methyl sites for hydroxylation is 2. The zero-order valence-corrected chi connectivity index (χ0v) is 11.6. The van der Waals surface area contributed by atoms with E-state index < -0.39 is 4.92 Å². The average Bonchev–Trinajstić information content (AvgIpc) is 2.35. The van der Waals surface area contributed by atoms with E-state index in [1.54, 1.807) is 13.0 Å². The van der Waals surface area contributed by atoms with Gasteiger partial charge in [0.05, 0.1) is 17.6 Å². The van der Waals surface area contributed by atoms with Crippen LogP contribution in [0.3, 0.4) is 0 Å². The Morgan fingerprint density at radius 3 is 2.58 bits per heavy atom. The highest BCUT2D eigenvalue weighted by Gasteiger charge is 2.14. The molecule has 0 saturated heterocycles. The van der Waals surface area contributed by atoms with Crippen LogP contribution in [0.1, 0.15) is 37.3 Å². The Bertz CT molecular complexity index is 483. The summed E-state index contributed by atoms with van der Waals surface area (Å²) < 4.78 is 5.52. The number of nitrogens with zero attached hydrogens (tertiary/aromatic N) is 1. The lowest BCUT2D eigenvalue weighted by atomic mass is 10.1. The van der Waals surface area contributed by atoms with Gasteiger partial charge in [-0.3, -0.25) is 14.9 Å². The molecule has 0 aliphatic rings. The minimum Gasteiger partial charge on any atom is -0.493 e. The number of rotatable bonds is 7. The summed E-state index contributed by atoms with van der Waals surface area (Å²) in [5.74, 6) is 0.719. The van der Waals surface area contributed by atoms with Gasteiger partial charge in [0, 0.05) is 18.4 Å². The summed E-state index contributed by atoms with van der Waals surface area (Å²) in [5.41, 5.74) is 1.55. The van der Waals surface area contributed by atoms with E-state index in [-0.39, 0.29) is 11.5 Å². The molecule has 0 aliphatic carbocycles.